The molecule has 0 saturated heterocycles. The third kappa shape index (κ3) is 3.28. The normalized spacial score (nSPS) is 9.80. The first-order valence-electron chi connectivity index (χ1n) is 5.86. The van der Waals surface area contributed by atoms with E-state index in [1.54, 1.807) is 42.5 Å². The molecule has 0 saturated carbocycles. The van der Waals surface area contributed by atoms with Gasteiger partial charge in [-0.1, -0.05) is 23.7 Å². The molecule has 0 radical (unpaired) electrons. The van der Waals surface area contributed by atoms with E-state index in [2.05, 4.69) is 5.32 Å². The lowest BCUT2D eigenvalue weighted by Crippen LogP contribution is -2.01. The number of nitriles is 1. The van der Waals surface area contributed by atoms with Crippen LogP contribution in [0.2, 0.25) is 5.02 Å². The predicted octanol–water partition coefficient (Wildman–Crippen LogP) is 3.52. The van der Waals surface area contributed by atoms with Crippen molar-refractivity contribution in [3.63, 3.8) is 0 Å². The van der Waals surface area contributed by atoms with Gasteiger partial charge in [-0.2, -0.15) is 5.26 Å². The van der Waals surface area contributed by atoms with Crippen LogP contribution >= 0.6 is 11.6 Å². The summed E-state index contributed by atoms with van der Waals surface area (Å²) in [6.07, 6.45) is 0. The number of carboxylic acids is 1. The predicted molar refractivity (Wildman–Crippen MR) is 76.9 cm³/mol. The van der Waals surface area contributed by atoms with Gasteiger partial charge in [0.1, 0.15) is 6.07 Å². The summed E-state index contributed by atoms with van der Waals surface area (Å²) >= 11 is 5.94. The summed E-state index contributed by atoms with van der Waals surface area (Å²) in [7, 11) is 0. The molecule has 0 aliphatic rings. The van der Waals surface area contributed by atoms with E-state index >= 15 is 0 Å². The maximum Gasteiger partial charge on any atom is 0.335 e. The average molecular weight is 287 g/mol. The minimum absolute atomic E-state index is 0.259. The highest BCUT2D eigenvalue weighted by molar-refractivity contribution is 6.32. The smallest absolute Gasteiger partial charge is 0.335 e. The third-order valence-electron chi connectivity index (χ3n) is 2.79. The molecule has 100 valence electrons. The van der Waals surface area contributed by atoms with E-state index in [9.17, 15) is 4.79 Å². The number of anilines is 1. The van der Waals surface area contributed by atoms with E-state index in [0.29, 0.717) is 17.1 Å². The fourth-order valence-electron chi connectivity index (χ4n) is 1.69. The molecule has 2 rings (SSSR count). The number of halogens is 1. The summed E-state index contributed by atoms with van der Waals surface area (Å²) < 4.78 is 0. The number of nitrogens with one attached hydrogen (secondary N) is 1. The Morgan fingerprint density at radius 3 is 2.50 bits per heavy atom. The lowest BCUT2D eigenvalue weighted by molar-refractivity contribution is 0.0697. The molecule has 0 aromatic heterocycles. The molecule has 2 aromatic rings. The maximum atomic E-state index is 10.7. The molecule has 20 heavy (non-hydrogen) atoms. The number of carbonyl (C=O) groups is 1. The largest absolute Gasteiger partial charge is 0.478 e. The highest BCUT2D eigenvalue weighted by Gasteiger charge is 2.03. The SMILES string of the molecule is N#Cc1ccc(NCc2ccc(C(=O)O)cc2)cc1Cl. The fourth-order valence-corrected chi connectivity index (χ4v) is 1.91. The maximum absolute atomic E-state index is 10.7. The number of hydrogen-bond acceptors (Lipinski definition) is 3. The van der Waals surface area contributed by atoms with Gasteiger partial charge >= 0.3 is 5.97 Å². The van der Waals surface area contributed by atoms with Crippen molar-refractivity contribution < 1.29 is 9.90 Å². The van der Waals surface area contributed by atoms with E-state index in [1.807, 2.05) is 6.07 Å². The Morgan fingerprint density at radius 2 is 1.95 bits per heavy atom. The molecule has 0 aliphatic carbocycles. The van der Waals surface area contributed by atoms with Crippen molar-refractivity contribution >= 4 is 23.3 Å². The second-order valence-corrected chi connectivity index (χ2v) is 4.57. The van der Waals surface area contributed by atoms with E-state index in [-0.39, 0.29) is 5.56 Å². The van der Waals surface area contributed by atoms with Gasteiger partial charge in [-0.3, -0.25) is 0 Å². The zero-order chi connectivity index (χ0) is 14.5. The summed E-state index contributed by atoms with van der Waals surface area (Å²) in [4.78, 5) is 10.7. The number of hydrogen-bond donors (Lipinski definition) is 2. The van der Waals surface area contributed by atoms with Crippen LogP contribution in [-0.4, -0.2) is 11.1 Å². The monoisotopic (exact) mass is 286 g/mol. The van der Waals surface area contributed by atoms with Gasteiger partial charge in [0, 0.05) is 12.2 Å². The summed E-state index contributed by atoms with van der Waals surface area (Å²) in [5.74, 6) is -0.941. The summed E-state index contributed by atoms with van der Waals surface area (Å²) in [6, 6.07) is 13.7. The van der Waals surface area contributed by atoms with Crippen molar-refractivity contribution in [1.82, 2.24) is 0 Å². The van der Waals surface area contributed by atoms with Gasteiger partial charge < -0.3 is 10.4 Å². The number of carboxylic acid groups (broad SMARTS) is 1. The molecule has 0 aliphatic heterocycles. The van der Waals surface area contributed by atoms with Crippen molar-refractivity contribution in [2.24, 2.45) is 0 Å². The molecule has 0 spiro atoms. The number of nitrogens with zero attached hydrogens (tertiary/aromatic N) is 1. The minimum Gasteiger partial charge on any atom is -0.478 e. The van der Waals surface area contributed by atoms with Gasteiger partial charge in [0.15, 0.2) is 0 Å². The van der Waals surface area contributed by atoms with Crippen LogP contribution in [-0.2, 0) is 6.54 Å². The van der Waals surface area contributed by atoms with E-state index < -0.39 is 5.97 Å². The van der Waals surface area contributed by atoms with Crippen molar-refractivity contribution in [3.8, 4) is 6.07 Å². The second kappa shape index (κ2) is 6.09. The highest BCUT2D eigenvalue weighted by Crippen LogP contribution is 2.20. The van der Waals surface area contributed by atoms with Gasteiger partial charge in [-0.15, -0.1) is 0 Å². The first kappa shape index (κ1) is 13.9. The quantitative estimate of drug-likeness (QED) is 0.902. The van der Waals surface area contributed by atoms with Gasteiger partial charge in [0.05, 0.1) is 16.1 Å². The second-order valence-electron chi connectivity index (χ2n) is 4.16. The zero-order valence-corrected chi connectivity index (χ0v) is 11.2. The number of benzene rings is 2. The number of rotatable bonds is 4. The first-order chi connectivity index (χ1) is 9.60. The third-order valence-corrected chi connectivity index (χ3v) is 3.10. The Balaban J connectivity index is 2.03. The summed E-state index contributed by atoms with van der Waals surface area (Å²) in [6.45, 7) is 0.544. The van der Waals surface area contributed by atoms with E-state index in [1.165, 1.54) is 0 Å². The molecule has 2 N–H and O–H groups in total. The van der Waals surface area contributed by atoms with Crippen LogP contribution in [0.15, 0.2) is 42.5 Å². The van der Waals surface area contributed by atoms with Gasteiger partial charge in [0.2, 0.25) is 0 Å². The van der Waals surface area contributed by atoms with Crippen LogP contribution in [0.4, 0.5) is 5.69 Å². The molecule has 4 nitrogen and oxygen atoms in total. The molecule has 0 heterocycles. The highest BCUT2D eigenvalue weighted by atomic mass is 35.5. The van der Waals surface area contributed by atoms with Gasteiger partial charge in [-0.25, -0.2) is 4.79 Å². The van der Waals surface area contributed by atoms with Crippen LogP contribution in [0.5, 0.6) is 0 Å². The van der Waals surface area contributed by atoms with Crippen molar-refractivity contribution in [2.75, 3.05) is 5.32 Å². The van der Waals surface area contributed by atoms with Crippen molar-refractivity contribution in [2.45, 2.75) is 6.54 Å². The number of aromatic carboxylic acids is 1. The first-order valence-corrected chi connectivity index (χ1v) is 6.23. The molecule has 0 unspecified atom stereocenters. The van der Waals surface area contributed by atoms with E-state index in [4.69, 9.17) is 22.0 Å². The van der Waals surface area contributed by atoms with Gasteiger partial charge in [0.25, 0.3) is 0 Å². The van der Waals surface area contributed by atoms with Crippen LogP contribution in [0, 0.1) is 11.3 Å². The Kier molecular flexibility index (Phi) is 4.24. The molecule has 0 atom stereocenters. The Hall–Kier alpha value is -2.51. The van der Waals surface area contributed by atoms with Crippen molar-refractivity contribution in [3.05, 3.63) is 64.2 Å². The summed E-state index contributed by atoms with van der Waals surface area (Å²) in [5, 5.41) is 21.2. The van der Waals surface area contributed by atoms with Crippen LogP contribution < -0.4 is 5.32 Å². The lowest BCUT2D eigenvalue weighted by Gasteiger charge is -2.07. The molecular formula is C15H11ClN2O2. The van der Waals surface area contributed by atoms with E-state index in [0.717, 1.165) is 11.3 Å². The van der Waals surface area contributed by atoms with Crippen molar-refractivity contribution in [1.29, 1.82) is 5.26 Å². The van der Waals surface area contributed by atoms with Gasteiger partial charge in [-0.05, 0) is 35.9 Å². The topological polar surface area (TPSA) is 73.1 Å². The molecule has 0 fully saturated rings. The molecular weight excluding hydrogens is 276 g/mol. The fraction of sp³-hybridized carbons (Fsp3) is 0.0667. The lowest BCUT2D eigenvalue weighted by atomic mass is 10.1. The van der Waals surface area contributed by atoms with Crippen LogP contribution in [0.1, 0.15) is 21.5 Å². The Bertz CT molecular complexity index is 675. The molecule has 5 heteroatoms. The summed E-state index contributed by atoms with van der Waals surface area (Å²) in [5.41, 5.74) is 2.45. The zero-order valence-electron chi connectivity index (χ0n) is 10.4. The minimum atomic E-state index is -0.941. The molecule has 0 amide bonds. The Labute approximate surface area is 121 Å². The van der Waals surface area contributed by atoms with Crippen LogP contribution in [0.3, 0.4) is 0 Å². The molecule has 0 bridgehead atoms. The standard InChI is InChI=1S/C15H11ClN2O2/c16-14-7-13(6-5-12(14)8-17)18-9-10-1-3-11(4-2-10)15(19)20/h1-7,18H,9H2,(H,19,20). The van der Waals surface area contributed by atoms with Crippen LogP contribution in [0.25, 0.3) is 0 Å². The average Bonchev–Trinajstić information content (AvgIpc) is 2.45. The Morgan fingerprint density at radius 1 is 1.25 bits per heavy atom. The molecule has 2 aromatic carbocycles.